The lowest BCUT2D eigenvalue weighted by Crippen LogP contribution is -2.40. The molecule has 1 fully saturated rings. The van der Waals surface area contributed by atoms with Crippen molar-refractivity contribution < 1.29 is 23.9 Å². The van der Waals surface area contributed by atoms with Crippen LogP contribution in [0.4, 0.5) is 4.39 Å². The molecule has 1 unspecified atom stereocenters. The van der Waals surface area contributed by atoms with Crippen LogP contribution >= 0.6 is 0 Å². The van der Waals surface area contributed by atoms with E-state index in [1.165, 1.54) is 29.2 Å². The van der Waals surface area contributed by atoms with E-state index in [9.17, 15) is 18.8 Å². The van der Waals surface area contributed by atoms with Crippen LogP contribution in [-0.4, -0.2) is 46.9 Å². The molecule has 1 aliphatic rings. The predicted molar refractivity (Wildman–Crippen MR) is 80.3 cm³/mol. The Hall–Kier alpha value is -2.44. The second-order valence-corrected chi connectivity index (χ2v) is 5.45. The van der Waals surface area contributed by atoms with Crippen molar-refractivity contribution in [3.8, 4) is 0 Å². The summed E-state index contributed by atoms with van der Waals surface area (Å²) < 4.78 is 12.8. The van der Waals surface area contributed by atoms with Crippen molar-refractivity contribution in [1.29, 1.82) is 0 Å². The molecule has 1 atom stereocenters. The van der Waals surface area contributed by atoms with Crippen LogP contribution in [0.25, 0.3) is 0 Å². The van der Waals surface area contributed by atoms with E-state index in [-0.39, 0.29) is 18.2 Å². The molecule has 7 heteroatoms. The molecule has 1 saturated heterocycles. The van der Waals surface area contributed by atoms with Crippen molar-refractivity contribution in [2.45, 2.75) is 31.7 Å². The Morgan fingerprint density at radius 2 is 1.96 bits per heavy atom. The highest BCUT2D eigenvalue weighted by atomic mass is 19.1. The number of hydrogen-bond acceptors (Lipinski definition) is 3. The number of nitrogens with one attached hydrogen (secondary N) is 1. The SMILES string of the molecule is O=C(NCCCC(=O)N1CCCC1C(=O)O)c1ccc(F)cc1. The number of benzene rings is 1. The molecule has 0 aromatic heterocycles. The Morgan fingerprint density at radius 3 is 2.61 bits per heavy atom. The number of likely N-dealkylation sites (tertiary alicyclic amines) is 1. The fraction of sp³-hybridized carbons (Fsp3) is 0.438. The molecule has 23 heavy (non-hydrogen) atoms. The molecule has 0 saturated carbocycles. The number of carbonyl (C=O) groups is 3. The van der Waals surface area contributed by atoms with E-state index >= 15 is 0 Å². The van der Waals surface area contributed by atoms with E-state index < -0.39 is 17.8 Å². The molecule has 1 aromatic rings. The first-order chi connectivity index (χ1) is 11.0. The van der Waals surface area contributed by atoms with Gasteiger partial charge in [-0.2, -0.15) is 0 Å². The molecule has 0 aliphatic carbocycles. The maximum absolute atomic E-state index is 12.8. The van der Waals surface area contributed by atoms with Crippen LogP contribution in [0.5, 0.6) is 0 Å². The lowest BCUT2D eigenvalue weighted by atomic mass is 10.2. The molecule has 6 nitrogen and oxygen atoms in total. The number of rotatable bonds is 6. The van der Waals surface area contributed by atoms with Crippen molar-refractivity contribution in [1.82, 2.24) is 10.2 Å². The zero-order valence-electron chi connectivity index (χ0n) is 12.6. The highest BCUT2D eigenvalue weighted by molar-refractivity contribution is 5.94. The van der Waals surface area contributed by atoms with Gasteiger partial charge in [0.15, 0.2) is 0 Å². The first kappa shape index (κ1) is 16.9. The van der Waals surface area contributed by atoms with Gasteiger partial charge in [-0.25, -0.2) is 9.18 Å². The number of aliphatic carboxylic acids is 1. The maximum atomic E-state index is 12.8. The van der Waals surface area contributed by atoms with Gasteiger partial charge >= 0.3 is 5.97 Å². The number of carbonyl (C=O) groups excluding carboxylic acids is 2. The molecule has 124 valence electrons. The van der Waals surface area contributed by atoms with E-state index in [0.29, 0.717) is 37.9 Å². The van der Waals surface area contributed by atoms with Crippen LogP contribution < -0.4 is 5.32 Å². The molecule has 0 radical (unpaired) electrons. The average Bonchev–Trinajstić information content (AvgIpc) is 3.01. The fourth-order valence-corrected chi connectivity index (χ4v) is 2.61. The third-order valence-electron chi connectivity index (χ3n) is 3.82. The molecule has 0 spiro atoms. The normalized spacial score (nSPS) is 17.1. The Balaban J connectivity index is 1.72. The standard InChI is InChI=1S/C16H19FN2O4/c17-12-7-5-11(6-8-12)15(21)18-9-1-4-14(20)19-10-2-3-13(19)16(22)23/h5-8,13H,1-4,9-10H2,(H,18,21)(H,22,23). The maximum Gasteiger partial charge on any atom is 0.326 e. The highest BCUT2D eigenvalue weighted by Gasteiger charge is 2.33. The summed E-state index contributed by atoms with van der Waals surface area (Å²) in [6.45, 7) is 0.769. The van der Waals surface area contributed by atoms with Crippen LogP contribution in [0.15, 0.2) is 24.3 Å². The molecule has 1 aliphatic heterocycles. The van der Waals surface area contributed by atoms with E-state index in [2.05, 4.69) is 5.32 Å². The van der Waals surface area contributed by atoms with Gasteiger partial charge in [0.1, 0.15) is 11.9 Å². The van der Waals surface area contributed by atoms with Crippen LogP contribution in [0.2, 0.25) is 0 Å². The van der Waals surface area contributed by atoms with Gasteiger partial charge in [-0.15, -0.1) is 0 Å². The monoisotopic (exact) mass is 322 g/mol. The second kappa shape index (κ2) is 7.71. The number of carboxylic acid groups (broad SMARTS) is 1. The molecule has 2 rings (SSSR count). The summed E-state index contributed by atoms with van der Waals surface area (Å²) in [6.07, 6.45) is 1.80. The number of nitrogens with zero attached hydrogens (tertiary/aromatic N) is 1. The number of carboxylic acids is 1. The van der Waals surface area contributed by atoms with E-state index in [1.54, 1.807) is 0 Å². The van der Waals surface area contributed by atoms with Crippen LogP contribution in [0, 0.1) is 5.82 Å². The lowest BCUT2D eigenvalue weighted by Gasteiger charge is -2.21. The molecule has 2 N–H and O–H groups in total. The van der Waals surface area contributed by atoms with Gasteiger partial charge in [0.05, 0.1) is 0 Å². The van der Waals surface area contributed by atoms with Crippen molar-refractivity contribution in [3.63, 3.8) is 0 Å². The first-order valence-electron chi connectivity index (χ1n) is 7.55. The van der Waals surface area contributed by atoms with Crippen molar-refractivity contribution in [2.75, 3.05) is 13.1 Å². The highest BCUT2D eigenvalue weighted by Crippen LogP contribution is 2.18. The largest absolute Gasteiger partial charge is 0.480 e. The number of hydrogen-bond donors (Lipinski definition) is 2. The van der Waals surface area contributed by atoms with E-state index in [4.69, 9.17) is 5.11 Å². The number of amides is 2. The van der Waals surface area contributed by atoms with Crippen molar-refractivity contribution in [2.24, 2.45) is 0 Å². The molecular formula is C16H19FN2O4. The Kier molecular flexibility index (Phi) is 5.67. The zero-order valence-corrected chi connectivity index (χ0v) is 12.6. The molecule has 1 aromatic carbocycles. The minimum absolute atomic E-state index is 0.188. The minimum atomic E-state index is -0.972. The van der Waals surface area contributed by atoms with Gasteiger partial charge in [0.2, 0.25) is 5.91 Å². The fourth-order valence-electron chi connectivity index (χ4n) is 2.61. The lowest BCUT2D eigenvalue weighted by molar-refractivity contribution is -0.148. The van der Waals surface area contributed by atoms with Crippen molar-refractivity contribution in [3.05, 3.63) is 35.6 Å². The third kappa shape index (κ3) is 4.51. The van der Waals surface area contributed by atoms with Gasteiger partial charge in [0, 0.05) is 25.1 Å². The summed E-state index contributed by atoms with van der Waals surface area (Å²) in [5, 5.41) is 11.7. The first-order valence-corrected chi connectivity index (χ1v) is 7.55. The van der Waals surface area contributed by atoms with Gasteiger partial charge in [-0.3, -0.25) is 9.59 Å². The second-order valence-electron chi connectivity index (χ2n) is 5.45. The average molecular weight is 322 g/mol. The van der Waals surface area contributed by atoms with Gasteiger partial charge < -0.3 is 15.3 Å². The summed E-state index contributed by atoms with van der Waals surface area (Å²) in [5.74, 6) is -1.92. The summed E-state index contributed by atoms with van der Waals surface area (Å²) in [6, 6.07) is 4.46. The Labute approximate surface area is 133 Å². The quantitative estimate of drug-likeness (QED) is 0.775. The number of halogens is 1. The van der Waals surface area contributed by atoms with Crippen LogP contribution in [0.3, 0.4) is 0 Å². The topological polar surface area (TPSA) is 86.7 Å². The smallest absolute Gasteiger partial charge is 0.326 e. The summed E-state index contributed by atoms with van der Waals surface area (Å²) in [4.78, 5) is 36.2. The molecule has 1 heterocycles. The third-order valence-corrected chi connectivity index (χ3v) is 3.82. The molecular weight excluding hydrogens is 303 g/mol. The molecule has 0 bridgehead atoms. The van der Waals surface area contributed by atoms with Crippen molar-refractivity contribution >= 4 is 17.8 Å². The predicted octanol–water partition coefficient (Wildman–Crippen LogP) is 1.41. The summed E-state index contributed by atoms with van der Waals surface area (Å²) in [7, 11) is 0. The van der Waals surface area contributed by atoms with Crippen LogP contribution in [-0.2, 0) is 9.59 Å². The zero-order chi connectivity index (χ0) is 16.8. The van der Waals surface area contributed by atoms with Gasteiger partial charge in [-0.1, -0.05) is 0 Å². The van der Waals surface area contributed by atoms with Gasteiger partial charge in [-0.05, 0) is 43.5 Å². The minimum Gasteiger partial charge on any atom is -0.480 e. The Bertz CT molecular complexity index is 588. The molecule has 2 amide bonds. The van der Waals surface area contributed by atoms with Gasteiger partial charge in [0.25, 0.3) is 5.91 Å². The van der Waals surface area contributed by atoms with E-state index in [1.807, 2.05) is 0 Å². The summed E-state index contributed by atoms with van der Waals surface area (Å²) in [5.41, 5.74) is 0.350. The Morgan fingerprint density at radius 1 is 1.26 bits per heavy atom. The van der Waals surface area contributed by atoms with E-state index in [0.717, 1.165) is 0 Å². The van der Waals surface area contributed by atoms with Crippen LogP contribution in [0.1, 0.15) is 36.0 Å². The summed E-state index contributed by atoms with van der Waals surface area (Å²) >= 11 is 0.